The first kappa shape index (κ1) is 18.8. The van der Waals surface area contributed by atoms with Crippen LogP contribution in [-0.4, -0.2) is 44.7 Å². The van der Waals surface area contributed by atoms with Gasteiger partial charge in [0.2, 0.25) is 0 Å². The number of hydrogen-bond donors (Lipinski definition) is 0. The minimum atomic E-state index is -3.77. The van der Waals surface area contributed by atoms with Gasteiger partial charge in [-0.2, -0.15) is 5.26 Å². The highest BCUT2D eigenvalue weighted by molar-refractivity contribution is 8.78. The van der Waals surface area contributed by atoms with Crippen LogP contribution in [0.2, 0.25) is 0 Å². The molecule has 4 saturated heterocycles. The van der Waals surface area contributed by atoms with E-state index in [-0.39, 0.29) is 29.7 Å². The largest absolute Gasteiger partial charge is 0.586 e. The highest BCUT2D eigenvalue weighted by atomic mass is 33.1. The van der Waals surface area contributed by atoms with Crippen molar-refractivity contribution < 1.29 is 27.8 Å². The monoisotopic (exact) mass is 439 g/mol. The molecule has 1 aromatic carbocycles. The van der Waals surface area contributed by atoms with Crippen molar-refractivity contribution in [2.75, 3.05) is 7.05 Å². The number of nitrogens with zero attached hydrogens (tertiary/aromatic N) is 3. The molecule has 7 nitrogen and oxygen atoms in total. The number of likely N-dealkylation sites (N-methyl/N-ethyl adjacent to an activating group) is 1. The Kier molecular flexibility index (Phi) is 3.43. The second-order valence-electron chi connectivity index (χ2n) is 7.96. The third-order valence-corrected chi connectivity index (χ3v) is 9.79. The molecule has 0 N–H and O–H groups in total. The van der Waals surface area contributed by atoms with Gasteiger partial charge in [0.25, 0.3) is 11.8 Å². The van der Waals surface area contributed by atoms with Crippen LogP contribution < -0.4 is 9.47 Å². The van der Waals surface area contributed by atoms with Crippen LogP contribution in [0.1, 0.15) is 31.9 Å². The molecule has 6 rings (SSSR count). The number of nitriles is 1. The van der Waals surface area contributed by atoms with E-state index in [2.05, 4.69) is 15.5 Å². The van der Waals surface area contributed by atoms with E-state index in [4.69, 9.17) is 0 Å². The fourth-order valence-corrected chi connectivity index (χ4v) is 8.14. The number of hydrogen-bond acceptors (Lipinski definition) is 7. The molecule has 4 fully saturated rings. The first-order valence-electron chi connectivity index (χ1n) is 8.77. The number of rotatable bonds is 1. The fraction of sp³-hybridized carbons (Fsp3) is 0.500. The maximum Gasteiger partial charge on any atom is 0.586 e. The molecule has 5 aliphatic rings. The lowest BCUT2D eigenvalue weighted by Gasteiger charge is -2.57. The molecule has 152 valence electrons. The first-order chi connectivity index (χ1) is 13.5. The van der Waals surface area contributed by atoms with E-state index in [1.807, 2.05) is 0 Å². The summed E-state index contributed by atoms with van der Waals surface area (Å²) >= 11 is 0. The number of piperazine rings is 1. The SMILES string of the molecule is CN1C(=O)C23CC(C)(C#N)C(c4ccc5c(c4)OC(F)(F)O5)N2C(=O)C1(C)SS3. The summed E-state index contributed by atoms with van der Waals surface area (Å²) in [5, 5.41) is 10.0. The minimum Gasteiger partial charge on any atom is -0.395 e. The number of carbonyl (C=O) groups excluding carboxylic acids is 2. The van der Waals surface area contributed by atoms with Crippen molar-refractivity contribution >= 4 is 33.4 Å². The Hall–Kier alpha value is -2.19. The summed E-state index contributed by atoms with van der Waals surface area (Å²) < 4.78 is 35.9. The molecular weight excluding hydrogens is 424 g/mol. The number of fused-ring (bicyclic) bond motifs is 3. The number of halogens is 2. The van der Waals surface area contributed by atoms with Crippen LogP contribution in [0.25, 0.3) is 0 Å². The van der Waals surface area contributed by atoms with Gasteiger partial charge < -0.3 is 19.3 Å². The fourth-order valence-electron chi connectivity index (χ4n) is 4.56. The zero-order valence-corrected chi connectivity index (χ0v) is 17.2. The lowest BCUT2D eigenvalue weighted by Crippen LogP contribution is -2.73. The molecule has 5 aliphatic heterocycles. The van der Waals surface area contributed by atoms with E-state index in [0.717, 1.165) is 0 Å². The topological polar surface area (TPSA) is 82.9 Å². The summed E-state index contributed by atoms with van der Waals surface area (Å²) in [6.07, 6.45) is -3.64. The van der Waals surface area contributed by atoms with Crippen molar-refractivity contribution in [1.82, 2.24) is 9.80 Å². The number of carbonyl (C=O) groups is 2. The van der Waals surface area contributed by atoms with Gasteiger partial charge in [0.05, 0.1) is 17.5 Å². The Morgan fingerprint density at radius 2 is 1.86 bits per heavy atom. The Bertz CT molecular complexity index is 1030. The molecule has 0 aromatic heterocycles. The Morgan fingerprint density at radius 3 is 2.55 bits per heavy atom. The molecule has 0 aliphatic carbocycles. The summed E-state index contributed by atoms with van der Waals surface area (Å²) in [5.74, 6) is -0.806. The molecule has 4 unspecified atom stereocenters. The molecule has 5 heterocycles. The van der Waals surface area contributed by atoms with Crippen molar-refractivity contribution in [2.45, 2.75) is 42.3 Å². The van der Waals surface area contributed by atoms with Crippen LogP contribution in [-0.2, 0) is 9.59 Å². The minimum absolute atomic E-state index is 0.121. The average molecular weight is 439 g/mol. The molecule has 1 spiro atoms. The standard InChI is InChI=1S/C18H15F2N3O4S2/c1-15(8-21)7-17-14(25)22(3)16(2,28-29-17)13(24)23(17)12(15)9-4-5-10-11(6-9)27-18(19,20)26-10/h4-6,12H,7H2,1-3H3. The van der Waals surface area contributed by atoms with Crippen molar-refractivity contribution in [2.24, 2.45) is 5.41 Å². The molecule has 0 saturated carbocycles. The number of ether oxygens (including phenoxy) is 2. The Balaban J connectivity index is 1.67. The molecule has 0 radical (unpaired) electrons. The van der Waals surface area contributed by atoms with Crippen LogP contribution in [0.3, 0.4) is 0 Å². The molecule has 2 amide bonds. The predicted octanol–water partition coefficient (Wildman–Crippen LogP) is 3.09. The summed E-state index contributed by atoms with van der Waals surface area (Å²) in [4.78, 5) is 27.3. The lowest BCUT2D eigenvalue weighted by atomic mass is 9.79. The molecule has 29 heavy (non-hydrogen) atoms. The molecular formula is C18H15F2N3O4S2. The van der Waals surface area contributed by atoms with Crippen LogP contribution in [0, 0.1) is 16.7 Å². The van der Waals surface area contributed by atoms with Crippen molar-refractivity contribution in [3.63, 3.8) is 0 Å². The van der Waals surface area contributed by atoms with E-state index in [0.29, 0.717) is 5.56 Å². The maximum atomic E-state index is 13.5. The zero-order chi connectivity index (χ0) is 21.0. The lowest BCUT2D eigenvalue weighted by molar-refractivity contribution is -0.286. The van der Waals surface area contributed by atoms with Crippen molar-refractivity contribution in [3.05, 3.63) is 23.8 Å². The maximum absolute atomic E-state index is 13.5. The van der Waals surface area contributed by atoms with Gasteiger partial charge in [-0.15, -0.1) is 8.78 Å². The smallest absolute Gasteiger partial charge is 0.395 e. The molecule has 11 heteroatoms. The van der Waals surface area contributed by atoms with E-state index >= 15 is 0 Å². The van der Waals surface area contributed by atoms with Gasteiger partial charge in [-0.1, -0.05) is 27.7 Å². The number of amides is 2. The van der Waals surface area contributed by atoms with Gasteiger partial charge in [-0.3, -0.25) is 9.59 Å². The van der Waals surface area contributed by atoms with Crippen molar-refractivity contribution in [3.8, 4) is 17.6 Å². The van der Waals surface area contributed by atoms with Crippen molar-refractivity contribution in [1.29, 1.82) is 5.26 Å². The van der Waals surface area contributed by atoms with E-state index in [1.54, 1.807) is 20.9 Å². The van der Waals surface area contributed by atoms with Gasteiger partial charge in [-0.25, -0.2) is 0 Å². The van der Waals surface area contributed by atoms with Crippen LogP contribution in [0.5, 0.6) is 11.5 Å². The van der Waals surface area contributed by atoms with E-state index in [1.165, 1.54) is 49.6 Å². The molecule has 4 atom stereocenters. The van der Waals surface area contributed by atoms with Crippen LogP contribution >= 0.6 is 21.6 Å². The normalized spacial score (nSPS) is 39.0. The predicted molar refractivity (Wildman–Crippen MR) is 99.7 cm³/mol. The second-order valence-corrected chi connectivity index (χ2v) is 10.8. The summed E-state index contributed by atoms with van der Waals surface area (Å²) in [6.45, 7) is 3.36. The summed E-state index contributed by atoms with van der Waals surface area (Å²) in [5.41, 5.74) is -0.664. The third-order valence-electron chi connectivity index (χ3n) is 6.09. The highest BCUT2D eigenvalue weighted by Crippen LogP contribution is 2.69. The quantitative estimate of drug-likeness (QED) is 0.622. The van der Waals surface area contributed by atoms with Gasteiger partial charge in [0.15, 0.2) is 21.2 Å². The second kappa shape index (κ2) is 5.29. The van der Waals surface area contributed by atoms with Gasteiger partial charge in [0.1, 0.15) is 0 Å². The molecule has 1 aromatic rings. The van der Waals surface area contributed by atoms with E-state index in [9.17, 15) is 23.6 Å². The zero-order valence-electron chi connectivity index (χ0n) is 15.6. The number of benzene rings is 1. The van der Waals surface area contributed by atoms with Gasteiger partial charge >= 0.3 is 6.29 Å². The van der Waals surface area contributed by atoms with Crippen LogP contribution in [0.4, 0.5) is 8.78 Å². The summed E-state index contributed by atoms with van der Waals surface area (Å²) in [7, 11) is 4.19. The van der Waals surface area contributed by atoms with E-state index < -0.39 is 27.5 Å². The number of alkyl halides is 2. The molecule has 2 bridgehead atoms. The Labute approximate surface area is 172 Å². The third kappa shape index (κ3) is 2.13. The first-order valence-corrected chi connectivity index (χ1v) is 10.9. The highest BCUT2D eigenvalue weighted by Gasteiger charge is 2.74. The average Bonchev–Trinajstić information content (AvgIpc) is 3.12. The van der Waals surface area contributed by atoms with Crippen LogP contribution in [0.15, 0.2) is 18.2 Å². The summed E-state index contributed by atoms with van der Waals surface area (Å²) in [6, 6.07) is 5.70. The van der Waals surface area contributed by atoms with Gasteiger partial charge in [-0.05, 0) is 31.5 Å². The van der Waals surface area contributed by atoms with Gasteiger partial charge in [0, 0.05) is 13.5 Å². The Morgan fingerprint density at radius 1 is 1.17 bits per heavy atom.